The molecule has 0 amide bonds. The van der Waals surface area contributed by atoms with Crippen LogP contribution < -0.4 is 5.32 Å². The van der Waals surface area contributed by atoms with Crippen LogP contribution in [0.3, 0.4) is 0 Å². The van der Waals surface area contributed by atoms with Gasteiger partial charge in [-0.1, -0.05) is 13.8 Å². The van der Waals surface area contributed by atoms with Crippen LogP contribution in [0.25, 0.3) is 0 Å². The minimum Gasteiger partial charge on any atom is -0.394 e. The van der Waals surface area contributed by atoms with Gasteiger partial charge in [0, 0.05) is 24.6 Å². The Morgan fingerprint density at radius 3 is 2.67 bits per heavy atom. The number of aliphatic hydroxyl groups excluding tert-OH is 2. The summed E-state index contributed by atoms with van der Waals surface area (Å²) >= 11 is 0. The Labute approximate surface area is 91.6 Å². The SMILES string of the molecule is CCOC1CC(NC[C@H](O)CO)C1(C)C. The maximum atomic E-state index is 9.22. The lowest BCUT2D eigenvalue weighted by atomic mass is 9.64. The van der Waals surface area contributed by atoms with E-state index in [1.165, 1.54) is 0 Å². The molecule has 0 bridgehead atoms. The minimum absolute atomic E-state index is 0.116. The highest BCUT2D eigenvalue weighted by molar-refractivity contribution is 5.02. The van der Waals surface area contributed by atoms with E-state index in [2.05, 4.69) is 19.2 Å². The molecular weight excluding hydrogens is 194 g/mol. The number of ether oxygens (including phenoxy) is 1. The standard InChI is InChI=1S/C11H23NO3/c1-4-15-10-5-9(11(10,2)3)12-6-8(14)7-13/h8-10,12-14H,4-7H2,1-3H3/t8-,9?,10?/m0/s1. The smallest absolute Gasteiger partial charge is 0.0895 e. The lowest BCUT2D eigenvalue weighted by Crippen LogP contribution is -2.61. The van der Waals surface area contributed by atoms with Gasteiger partial charge < -0.3 is 20.3 Å². The van der Waals surface area contributed by atoms with Crippen molar-refractivity contribution in [2.24, 2.45) is 5.41 Å². The van der Waals surface area contributed by atoms with Gasteiger partial charge in [0.25, 0.3) is 0 Å². The molecule has 0 aromatic heterocycles. The van der Waals surface area contributed by atoms with E-state index in [9.17, 15) is 5.11 Å². The van der Waals surface area contributed by atoms with Crippen molar-refractivity contribution in [1.29, 1.82) is 0 Å². The number of aliphatic hydroxyl groups is 2. The molecule has 1 aliphatic rings. The topological polar surface area (TPSA) is 61.7 Å². The lowest BCUT2D eigenvalue weighted by Gasteiger charge is -2.52. The fourth-order valence-corrected chi connectivity index (χ4v) is 2.06. The maximum absolute atomic E-state index is 9.22. The Balaban J connectivity index is 2.29. The summed E-state index contributed by atoms with van der Waals surface area (Å²) in [5.41, 5.74) is 0.116. The molecule has 0 aromatic carbocycles. The van der Waals surface area contributed by atoms with Crippen molar-refractivity contribution in [2.75, 3.05) is 19.8 Å². The third kappa shape index (κ3) is 2.91. The van der Waals surface area contributed by atoms with Crippen LogP contribution in [0.4, 0.5) is 0 Å². The van der Waals surface area contributed by atoms with E-state index >= 15 is 0 Å². The summed E-state index contributed by atoms with van der Waals surface area (Å²) in [4.78, 5) is 0. The molecule has 0 radical (unpaired) electrons. The second-order valence-corrected chi connectivity index (χ2v) is 4.80. The molecule has 3 N–H and O–H groups in total. The van der Waals surface area contributed by atoms with Crippen molar-refractivity contribution in [1.82, 2.24) is 5.32 Å². The van der Waals surface area contributed by atoms with Gasteiger partial charge in [-0.2, -0.15) is 0 Å². The van der Waals surface area contributed by atoms with Crippen molar-refractivity contribution < 1.29 is 14.9 Å². The van der Waals surface area contributed by atoms with Crippen LogP contribution in [-0.2, 0) is 4.74 Å². The van der Waals surface area contributed by atoms with Gasteiger partial charge in [-0.05, 0) is 13.3 Å². The predicted molar refractivity (Wildman–Crippen MR) is 58.7 cm³/mol. The Kier molecular flexibility index (Phi) is 4.52. The van der Waals surface area contributed by atoms with Crippen molar-refractivity contribution >= 4 is 0 Å². The van der Waals surface area contributed by atoms with Crippen LogP contribution in [0.2, 0.25) is 0 Å². The summed E-state index contributed by atoms with van der Waals surface area (Å²) in [7, 11) is 0. The lowest BCUT2D eigenvalue weighted by molar-refractivity contribution is -0.115. The number of rotatable bonds is 6. The molecule has 1 rings (SSSR count). The third-order valence-corrected chi connectivity index (χ3v) is 3.36. The Bertz CT molecular complexity index is 196. The Morgan fingerprint density at radius 2 is 2.20 bits per heavy atom. The summed E-state index contributed by atoms with van der Waals surface area (Å²) in [5, 5.41) is 21.2. The fourth-order valence-electron chi connectivity index (χ4n) is 2.06. The summed E-state index contributed by atoms with van der Waals surface area (Å²) in [6.45, 7) is 7.35. The van der Waals surface area contributed by atoms with E-state index in [1.54, 1.807) is 0 Å². The van der Waals surface area contributed by atoms with Crippen molar-refractivity contribution in [2.45, 2.75) is 45.4 Å². The molecule has 1 aliphatic carbocycles. The second-order valence-electron chi connectivity index (χ2n) is 4.80. The van der Waals surface area contributed by atoms with Crippen LogP contribution in [0.5, 0.6) is 0 Å². The Hall–Kier alpha value is -0.160. The van der Waals surface area contributed by atoms with Gasteiger partial charge in [0.1, 0.15) is 0 Å². The summed E-state index contributed by atoms with van der Waals surface area (Å²) in [5.74, 6) is 0. The van der Waals surface area contributed by atoms with E-state index < -0.39 is 6.10 Å². The quantitative estimate of drug-likeness (QED) is 0.592. The summed E-state index contributed by atoms with van der Waals surface area (Å²) in [6, 6.07) is 0.371. The van der Waals surface area contributed by atoms with Crippen LogP contribution in [0, 0.1) is 5.41 Å². The molecule has 2 unspecified atom stereocenters. The van der Waals surface area contributed by atoms with Crippen LogP contribution in [0.15, 0.2) is 0 Å². The second kappa shape index (κ2) is 5.25. The van der Waals surface area contributed by atoms with Gasteiger partial charge in [0.05, 0.1) is 18.8 Å². The first-order valence-corrected chi connectivity index (χ1v) is 5.66. The molecule has 15 heavy (non-hydrogen) atoms. The summed E-state index contributed by atoms with van der Waals surface area (Å²) in [6.07, 6.45) is 0.636. The van der Waals surface area contributed by atoms with Gasteiger partial charge in [-0.15, -0.1) is 0 Å². The zero-order valence-electron chi connectivity index (χ0n) is 9.86. The Morgan fingerprint density at radius 1 is 1.53 bits per heavy atom. The molecule has 4 heteroatoms. The van der Waals surface area contributed by atoms with Crippen molar-refractivity contribution in [3.63, 3.8) is 0 Å². The highest BCUT2D eigenvalue weighted by Gasteiger charge is 2.48. The molecule has 3 atom stereocenters. The molecule has 90 valence electrons. The zero-order chi connectivity index (χ0) is 11.5. The van der Waals surface area contributed by atoms with Crippen LogP contribution >= 0.6 is 0 Å². The molecular formula is C11H23NO3. The van der Waals surface area contributed by atoms with Gasteiger partial charge in [0.2, 0.25) is 0 Å². The van der Waals surface area contributed by atoms with E-state index in [4.69, 9.17) is 9.84 Å². The number of hydrogen-bond donors (Lipinski definition) is 3. The average molecular weight is 217 g/mol. The average Bonchev–Trinajstić information content (AvgIpc) is 2.21. The third-order valence-electron chi connectivity index (χ3n) is 3.36. The summed E-state index contributed by atoms with van der Waals surface area (Å²) < 4.78 is 5.60. The maximum Gasteiger partial charge on any atom is 0.0895 e. The van der Waals surface area contributed by atoms with Crippen LogP contribution in [0.1, 0.15) is 27.2 Å². The first-order chi connectivity index (χ1) is 7.02. The van der Waals surface area contributed by atoms with E-state index in [0.29, 0.717) is 18.7 Å². The van der Waals surface area contributed by atoms with Crippen molar-refractivity contribution in [3.8, 4) is 0 Å². The molecule has 0 aromatic rings. The molecule has 0 heterocycles. The van der Waals surface area contributed by atoms with E-state index in [0.717, 1.165) is 13.0 Å². The van der Waals surface area contributed by atoms with Gasteiger partial charge in [-0.25, -0.2) is 0 Å². The fraction of sp³-hybridized carbons (Fsp3) is 1.00. The molecule has 0 spiro atoms. The first-order valence-electron chi connectivity index (χ1n) is 5.66. The predicted octanol–water partition coefficient (Wildman–Crippen LogP) is 0.133. The largest absolute Gasteiger partial charge is 0.394 e. The highest BCUT2D eigenvalue weighted by atomic mass is 16.5. The van der Waals surface area contributed by atoms with Gasteiger partial charge >= 0.3 is 0 Å². The van der Waals surface area contributed by atoms with E-state index in [1.807, 2.05) is 6.92 Å². The molecule has 1 saturated carbocycles. The van der Waals surface area contributed by atoms with Crippen molar-refractivity contribution in [3.05, 3.63) is 0 Å². The molecule has 1 fully saturated rings. The minimum atomic E-state index is -0.660. The normalized spacial score (nSPS) is 31.0. The zero-order valence-corrected chi connectivity index (χ0v) is 9.86. The molecule has 0 saturated heterocycles. The van der Waals surface area contributed by atoms with Gasteiger partial charge in [-0.3, -0.25) is 0 Å². The number of hydrogen-bond acceptors (Lipinski definition) is 4. The van der Waals surface area contributed by atoms with Gasteiger partial charge in [0.15, 0.2) is 0 Å². The molecule has 4 nitrogen and oxygen atoms in total. The number of nitrogens with one attached hydrogen (secondary N) is 1. The first kappa shape index (κ1) is 12.9. The van der Waals surface area contributed by atoms with Crippen LogP contribution in [-0.4, -0.2) is 48.2 Å². The monoisotopic (exact) mass is 217 g/mol. The highest BCUT2D eigenvalue weighted by Crippen LogP contribution is 2.42. The van der Waals surface area contributed by atoms with E-state index in [-0.39, 0.29) is 12.0 Å². The molecule has 0 aliphatic heterocycles.